The van der Waals surface area contributed by atoms with E-state index >= 15 is 0 Å². The lowest BCUT2D eigenvalue weighted by atomic mass is 10.1. The Kier molecular flexibility index (Phi) is 4.18. The number of hydrogen-bond donors (Lipinski definition) is 0. The van der Waals surface area contributed by atoms with Crippen molar-refractivity contribution in [3.8, 4) is 6.07 Å². The van der Waals surface area contributed by atoms with Crippen LogP contribution in [0.3, 0.4) is 0 Å². The van der Waals surface area contributed by atoms with Crippen LogP contribution in [0.5, 0.6) is 0 Å². The fourth-order valence-corrected chi connectivity index (χ4v) is 3.37. The van der Waals surface area contributed by atoms with Gasteiger partial charge in [-0.25, -0.2) is 0 Å². The molecule has 0 aliphatic carbocycles. The monoisotopic (exact) mass is 361 g/mol. The third-order valence-corrected chi connectivity index (χ3v) is 4.63. The molecule has 126 valence electrons. The second kappa shape index (κ2) is 6.18. The Bertz CT molecular complexity index is 1040. The molecule has 3 rings (SSSR count). The third kappa shape index (κ3) is 3.19. The van der Waals surface area contributed by atoms with Crippen molar-refractivity contribution in [3.05, 3.63) is 69.2 Å². The number of halogens is 3. The lowest BCUT2D eigenvalue weighted by Gasteiger charge is -2.23. The number of benzene rings is 1. The van der Waals surface area contributed by atoms with Crippen molar-refractivity contribution in [1.82, 2.24) is 9.88 Å². The minimum atomic E-state index is -4.48. The predicted octanol–water partition coefficient (Wildman–Crippen LogP) is 3.84. The van der Waals surface area contributed by atoms with Crippen LogP contribution in [0.2, 0.25) is 0 Å². The number of rotatable bonds is 1. The Labute approximate surface area is 144 Å². The summed E-state index contributed by atoms with van der Waals surface area (Å²) in [7, 11) is 1.41. The Morgan fingerprint density at radius 3 is 2.64 bits per heavy atom. The number of fused-ring (bicyclic) bond motifs is 1. The number of nitrogens with zero attached hydrogens (tertiary/aromatic N) is 3. The van der Waals surface area contributed by atoms with Crippen LogP contribution in [0.25, 0.3) is 15.7 Å². The van der Waals surface area contributed by atoms with Gasteiger partial charge in [-0.15, -0.1) is 11.3 Å². The first-order valence-electron chi connectivity index (χ1n) is 7.06. The molecular formula is C17H10F3N3OS. The second-order valence-electron chi connectivity index (χ2n) is 5.22. The van der Waals surface area contributed by atoms with Crippen LogP contribution in [0, 0.1) is 11.3 Å². The number of aromatic nitrogens is 1. The SMILES string of the molecule is CN1C=C(C(F)(F)F)C=C/C1=C(/C#N)c1nc(=O)c2ccccc2s1. The van der Waals surface area contributed by atoms with Crippen LogP contribution < -0.4 is 5.56 Å². The molecule has 4 nitrogen and oxygen atoms in total. The molecule has 2 aromatic rings. The number of nitriles is 1. The summed E-state index contributed by atoms with van der Waals surface area (Å²) in [5.74, 6) is 0. The first-order chi connectivity index (χ1) is 11.8. The summed E-state index contributed by atoms with van der Waals surface area (Å²) in [4.78, 5) is 17.3. The molecule has 0 N–H and O–H groups in total. The van der Waals surface area contributed by atoms with Gasteiger partial charge in [0, 0.05) is 17.9 Å². The summed E-state index contributed by atoms with van der Waals surface area (Å²) in [5.41, 5.74) is -1.01. The largest absolute Gasteiger partial charge is 0.417 e. The summed E-state index contributed by atoms with van der Waals surface area (Å²) >= 11 is 1.14. The smallest absolute Gasteiger partial charge is 0.349 e. The van der Waals surface area contributed by atoms with E-state index in [4.69, 9.17) is 0 Å². The molecule has 0 unspecified atom stereocenters. The van der Waals surface area contributed by atoms with Gasteiger partial charge >= 0.3 is 6.18 Å². The number of allylic oxidation sites excluding steroid dienone is 4. The summed E-state index contributed by atoms with van der Waals surface area (Å²) in [6.07, 6.45) is -1.47. The maximum Gasteiger partial charge on any atom is 0.417 e. The van der Waals surface area contributed by atoms with E-state index in [1.165, 1.54) is 18.0 Å². The molecule has 25 heavy (non-hydrogen) atoms. The maximum atomic E-state index is 12.8. The number of hydrogen-bond acceptors (Lipinski definition) is 5. The van der Waals surface area contributed by atoms with Gasteiger partial charge in [0.15, 0.2) is 0 Å². The van der Waals surface area contributed by atoms with Crippen LogP contribution in [0.1, 0.15) is 5.01 Å². The van der Waals surface area contributed by atoms with E-state index < -0.39 is 17.3 Å². The molecule has 0 radical (unpaired) electrons. The lowest BCUT2D eigenvalue weighted by Crippen LogP contribution is -2.21. The molecule has 1 aromatic heterocycles. The Balaban J connectivity index is 2.15. The zero-order chi connectivity index (χ0) is 18.2. The summed E-state index contributed by atoms with van der Waals surface area (Å²) in [6, 6.07) is 8.78. The standard InChI is InChI=1S/C17H10F3N3OS/c1-23-9-10(17(18,19)20)6-7-13(23)12(8-21)16-22-15(24)11-4-2-3-5-14(11)25-16/h2-7,9H,1H3/b13-12+. The number of alkyl halides is 3. The highest BCUT2D eigenvalue weighted by Gasteiger charge is 2.34. The van der Waals surface area contributed by atoms with Crippen LogP contribution in [0.4, 0.5) is 13.2 Å². The maximum absolute atomic E-state index is 12.8. The van der Waals surface area contributed by atoms with Crippen molar-refractivity contribution >= 4 is 27.0 Å². The molecule has 0 atom stereocenters. The van der Waals surface area contributed by atoms with E-state index in [-0.39, 0.29) is 16.3 Å². The van der Waals surface area contributed by atoms with Gasteiger partial charge in [0.05, 0.1) is 16.7 Å². The summed E-state index contributed by atoms with van der Waals surface area (Å²) in [6.45, 7) is 0. The van der Waals surface area contributed by atoms with Gasteiger partial charge in [0.25, 0.3) is 5.56 Å². The first kappa shape index (κ1) is 16.9. The van der Waals surface area contributed by atoms with Crippen LogP contribution in [-0.2, 0) is 0 Å². The molecule has 0 spiro atoms. The van der Waals surface area contributed by atoms with Gasteiger partial charge in [-0.3, -0.25) is 4.79 Å². The molecule has 0 saturated carbocycles. The van der Waals surface area contributed by atoms with Crippen molar-refractivity contribution in [3.63, 3.8) is 0 Å². The zero-order valence-corrected chi connectivity index (χ0v) is 13.6. The minimum Gasteiger partial charge on any atom is -0.349 e. The molecule has 8 heteroatoms. The highest BCUT2D eigenvalue weighted by molar-refractivity contribution is 7.19. The predicted molar refractivity (Wildman–Crippen MR) is 89.5 cm³/mol. The molecule has 0 fully saturated rings. The zero-order valence-electron chi connectivity index (χ0n) is 12.8. The minimum absolute atomic E-state index is 0.0454. The van der Waals surface area contributed by atoms with Gasteiger partial charge in [0.1, 0.15) is 16.6 Å². The quantitative estimate of drug-likeness (QED) is 0.724. The second-order valence-corrected chi connectivity index (χ2v) is 6.25. The Morgan fingerprint density at radius 1 is 1.28 bits per heavy atom. The van der Waals surface area contributed by atoms with E-state index in [0.29, 0.717) is 10.1 Å². The van der Waals surface area contributed by atoms with E-state index in [0.717, 1.165) is 23.6 Å². The molecule has 1 aromatic carbocycles. The van der Waals surface area contributed by atoms with Gasteiger partial charge < -0.3 is 4.90 Å². The van der Waals surface area contributed by atoms with Gasteiger partial charge in [-0.05, 0) is 24.3 Å². The van der Waals surface area contributed by atoms with Crippen molar-refractivity contribution in [2.45, 2.75) is 6.18 Å². The molecular weight excluding hydrogens is 351 g/mol. The Morgan fingerprint density at radius 2 is 2.00 bits per heavy atom. The fourth-order valence-electron chi connectivity index (χ4n) is 2.37. The Hall–Kier alpha value is -2.92. The molecule has 2 heterocycles. The van der Waals surface area contributed by atoms with Gasteiger partial charge in [-0.2, -0.15) is 23.4 Å². The molecule has 0 saturated heterocycles. The third-order valence-electron chi connectivity index (χ3n) is 3.57. The fraction of sp³-hybridized carbons (Fsp3) is 0.118. The van der Waals surface area contributed by atoms with Crippen LogP contribution in [0.15, 0.2) is 58.7 Å². The summed E-state index contributed by atoms with van der Waals surface area (Å²) < 4.78 is 39.0. The van der Waals surface area contributed by atoms with Crippen LogP contribution >= 0.6 is 11.3 Å². The van der Waals surface area contributed by atoms with Crippen molar-refractivity contribution in [1.29, 1.82) is 5.26 Å². The first-order valence-corrected chi connectivity index (χ1v) is 7.87. The van der Waals surface area contributed by atoms with Crippen molar-refractivity contribution < 1.29 is 13.2 Å². The molecule has 1 aliphatic heterocycles. The van der Waals surface area contributed by atoms with Crippen molar-refractivity contribution in [2.75, 3.05) is 7.05 Å². The average Bonchev–Trinajstić information content (AvgIpc) is 2.56. The normalized spacial score (nSPS) is 16.6. The summed E-state index contributed by atoms with van der Waals surface area (Å²) in [5, 5.41) is 10.1. The lowest BCUT2D eigenvalue weighted by molar-refractivity contribution is -0.0892. The molecule has 1 aliphatic rings. The van der Waals surface area contributed by atoms with Gasteiger partial charge in [0.2, 0.25) is 0 Å². The highest BCUT2D eigenvalue weighted by atomic mass is 32.1. The molecule has 0 amide bonds. The van der Waals surface area contributed by atoms with Crippen LogP contribution in [-0.4, -0.2) is 23.1 Å². The number of likely N-dealkylation sites (N-methyl/N-ethyl adjacent to an activating group) is 1. The van der Waals surface area contributed by atoms with E-state index in [1.54, 1.807) is 24.3 Å². The van der Waals surface area contributed by atoms with Crippen molar-refractivity contribution in [2.24, 2.45) is 0 Å². The topological polar surface area (TPSA) is 57.0 Å². The average molecular weight is 361 g/mol. The molecule has 0 bridgehead atoms. The van der Waals surface area contributed by atoms with Gasteiger partial charge in [-0.1, -0.05) is 12.1 Å². The van der Waals surface area contributed by atoms with E-state index in [9.17, 15) is 23.2 Å². The highest BCUT2D eigenvalue weighted by Crippen LogP contribution is 2.33. The van der Waals surface area contributed by atoms with E-state index in [2.05, 4.69) is 4.98 Å². The van der Waals surface area contributed by atoms with E-state index in [1.807, 2.05) is 6.07 Å².